The summed E-state index contributed by atoms with van der Waals surface area (Å²) in [6, 6.07) is -3.21. The lowest BCUT2D eigenvalue weighted by atomic mass is 9.87. The minimum absolute atomic E-state index is 0.172. The first kappa shape index (κ1) is 116. The minimum atomic E-state index is -3.12. The number of rotatable bonds is 39. The molecular formula is C79H134BrN3O56. The van der Waals surface area contributed by atoms with Crippen molar-refractivity contribution in [1.29, 1.82) is 0 Å². The van der Waals surface area contributed by atoms with Gasteiger partial charge in [0.1, 0.15) is 195 Å². The zero-order valence-electron chi connectivity index (χ0n) is 75.2. The van der Waals surface area contributed by atoms with Crippen LogP contribution < -0.4 is 16.8 Å². The Kier molecular flexibility index (Phi) is 41.3. The zero-order chi connectivity index (χ0) is 103. The van der Waals surface area contributed by atoms with E-state index in [9.17, 15) is 178 Å². The van der Waals surface area contributed by atoms with E-state index in [1.54, 1.807) is 0 Å². The van der Waals surface area contributed by atoms with Crippen molar-refractivity contribution in [2.45, 2.75) is 372 Å². The van der Waals surface area contributed by atoms with Crippen molar-refractivity contribution >= 4 is 33.8 Å². The van der Waals surface area contributed by atoms with Gasteiger partial charge in [0, 0.05) is 36.5 Å². The molecule has 139 heavy (non-hydrogen) atoms. The molecule has 0 aromatic heterocycles. The molecule has 58 atom stereocenters. The van der Waals surface area contributed by atoms with Gasteiger partial charge in [0.25, 0.3) is 11.6 Å². The van der Waals surface area contributed by atoms with Crippen molar-refractivity contribution in [2.75, 3.05) is 71.4 Å². The van der Waals surface area contributed by atoms with Crippen LogP contribution in [0.3, 0.4) is 0 Å². The second-order valence-electron chi connectivity index (χ2n) is 36.6. The van der Waals surface area contributed by atoms with Crippen molar-refractivity contribution in [3.05, 3.63) is 0 Å². The summed E-state index contributed by atoms with van der Waals surface area (Å²) < 4.78 is 125. The molecule has 11 saturated heterocycles. The van der Waals surface area contributed by atoms with E-state index in [4.69, 9.17) is 111 Å². The van der Waals surface area contributed by atoms with Gasteiger partial charge in [-0.1, -0.05) is 43.6 Å². The van der Waals surface area contributed by atoms with Crippen LogP contribution in [0.25, 0.3) is 0 Å². The van der Waals surface area contributed by atoms with Crippen LogP contribution >= 0.6 is 15.9 Å². The summed E-state index contributed by atoms with van der Waals surface area (Å²) in [7, 11) is 0. The number of halogens is 1. The Hall–Kier alpha value is -3.23. The smallest absolute Gasteiger partial charge is 0.364 e. The molecule has 0 spiro atoms. The molecule has 0 saturated carbocycles. The van der Waals surface area contributed by atoms with Gasteiger partial charge in [-0.3, -0.25) is 4.79 Å². The molecule has 0 bridgehead atoms. The number of nitrogens with two attached hydrogens (primary N) is 2. The number of hydrogen-bond acceptors (Lipinski definition) is 56. The highest BCUT2D eigenvalue weighted by Gasteiger charge is 2.64. The Morgan fingerprint density at radius 3 is 1.14 bits per heavy atom. The van der Waals surface area contributed by atoms with Crippen molar-refractivity contribution in [1.82, 2.24) is 5.32 Å². The maximum Gasteiger partial charge on any atom is 0.364 e. The van der Waals surface area contributed by atoms with Gasteiger partial charge in [0.05, 0.1) is 138 Å². The van der Waals surface area contributed by atoms with Crippen LogP contribution in [0, 0.1) is 29.6 Å². The van der Waals surface area contributed by atoms with Gasteiger partial charge in [-0.2, -0.15) is 0 Å². The van der Waals surface area contributed by atoms with E-state index in [1.165, 1.54) is 27.7 Å². The van der Waals surface area contributed by atoms with E-state index in [1.807, 2.05) is 0 Å². The highest BCUT2D eigenvalue weighted by Crippen LogP contribution is 2.45. The van der Waals surface area contributed by atoms with Gasteiger partial charge in [-0.25, -0.2) is 9.59 Å². The first-order valence-corrected chi connectivity index (χ1v) is 46.1. The lowest BCUT2D eigenvalue weighted by molar-refractivity contribution is -0.403. The molecule has 59 nitrogen and oxygen atoms in total. The van der Waals surface area contributed by atoms with Crippen molar-refractivity contribution in [2.24, 2.45) is 41.1 Å². The third-order valence-corrected chi connectivity index (χ3v) is 27.8. The Bertz CT molecular complexity index is 3810. The number of aliphatic hydroxyl groups excluding tert-OH is 30. The van der Waals surface area contributed by atoms with Crippen LogP contribution in [-0.2, 0) is 114 Å². The predicted molar refractivity (Wildman–Crippen MR) is 437 cm³/mol. The fraction of sp³-hybridized carbons (Fsp3) is 0.962. The lowest BCUT2D eigenvalue weighted by Crippen LogP contribution is -2.68. The zero-order valence-corrected chi connectivity index (χ0v) is 76.8. The topological polar surface area (TPSA) is 956 Å². The van der Waals surface area contributed by atoms with E-state index < -0.39 is 451 Å². The number of hydrogen-bond donors (Lipinski definition) is 35. The number of nitrogens with one attached hydrogen (secondary N) is 1. The van der Waals surface area contributed by atoms with E-state index in [-0.39, 0.29) is 5.33 Å². The van der Waals surface area contributed by atoms with Gasteiger partial charge in [0.15, 0.2) is 56.6 Å². The van der Waals surface area contributed by atoms with Crippen LogP contribution in [0.2, 0.25) is 0 Å². The summed E-state index contributed by atoms with van der Waals surface area (Å²) in [5.41, 5.74) is 11.9. The summed E-state index contributed by atoms with van der Waals surface area (Å²) >= 11 is 3.03. The number of amides is 1. The Balaban J connectivity index is 0.830. The molecule has 11 aliphatic heterocycles. The number of carbonyl (C=O) groups is 3. The van der Waals surface area contributed by atoms with Crippen LogP contribution in [-0.4, -0.2) is 577 Å². The number of aliphatic carboxylic acids is 2. The average Bonchev–Trinajstić information content (AvgIpc) is 0.737. The molecule has 1 amide bonds. The van der Waals surface area contributed by atoms with E-state index >= 15 is 0 Å². The van der Waals surface area contributed by atoms with E-state index in [0.29, 0.717) is 0 Å². The number of ether oxygens (including phenoxy) is 21. The summed E-state index contributed by atoms with van der Waals surface area (Å²) in [5.74, 6) is -17.8. The number of carboxylic acids is 2. The molecule has 11 fully saturated rings. The first-order valence-electron chi connectivity index (χ1n) is 45.0. The number of aliphatic hydroxyl groups is 30. The molecule has 23 unspecified atom stereocenters. The molecule has 0 aromatic rings. The highest BCUT2D eigenvalue weighted by atomic mass is 79.9. The van der Waals surface area contributed by atoms with Crippen LogP contribution in [0.15, 0.2) is 0 Å². The quantitative estimate of drug-likeness (QED) is 0.0201. The Labute approximate surface area is 798 Å². The van der Waals surface area contributed by atoms with Crippen molar-refractivity contribution < 1.29 is 277 Å². The van der Waals surface area contributed by atoms with Gasteiger partial charge in [-0.15, -0.1) is 0 Å². The van der Waals surface area contributed by atoms with Crippen LogP contribution in [0.1, 0.15) is 47.5 Å². The summed E-state index contributed by atoms with van der Waals surface area (Å²) in [5, 5.41) is 359. The van der Waals surface area contributed by atoms with Crippen LogP contribution in [0.4, 0.5) is 0 Å². The third kappa shape index (κ3) is 24.6. The first-order chi connectivity index (χ1) is 65.5. The summed E-state index contributed by atoms with van der Waals surface area (Å²) in [6.07, 6.45) is -101. The molecule has 0 radical (unpaired) electrons. The predicted octanol–water partition coefficient (Wildman–Crippen LogP) is -20.4. The molecule has 11 heterocycles. The number of carboxylic acid groups (broad SMARTS) is 2. The monoisotopic (exact) mass is 2100 g/mol. The molecule has 808 valence electrons. The molecule has 11 rings (SSSR count). The average molecular weight is 2100 g/mol. The van der Waals surface area contributed by atoms with Gasteiger partial charge in [0.2, 0.25) is 5.91 Å². The largest absolute Gasteiger partial charge is 0.477 e. The minimum Gasteiger partial charge on any atom is -0.477 e. The molecule has 0 aromatic carbocycles. The third-order valence-electron chi connectivity index (χ3n) is 27.3. The standard InChI is InChI=1S/C79H134BrN3O56/c1-19-40(97)57(30(13-88)122-66(19)83-36(96)8-80)130-68-20(2)41(98)60(33(16-91)125-68)133-73-56(113)63(134-75-65(53(110)47(104)29(12-87)124-75)136-70-22(4)42(99)58(31(14-89)127-70)131-71-54(111)50(107)37(23(5)121-71)67(114)139-79(77(117)118)7-25(93)39(82)62(138-79)45(102)27(95)10-85)49(106)34(128-73)17-119-74-64(52(109)46(103)28(11-86)123-74)135-69-21(3)43(100)59(32(15-90)126-69)132-72-55(112)51(108)48(105)35(129-72)18-120-78(76(115)116)6-24(92)38(81)61(137-78)44(101)26(94)9-84/h19-35,37-75,84-95,97-114H,6-18,81-82H2,1-5H3,(H,83,96)(H,115,116)(H,117,118)/t19-,20-,21?,22-,23?,24+,25+,26?,27?,28?,29+,30?,31?,32-,33?,34?,35?,37-,38+,39+,40?,41?,42?,43?,44+,45+,46+,47+,48-,49+,50?,51?,52?,53?,54-,55-,56+,57+,58+,59+,60+,61?,62?,63?,64+,65?,66+,67?,68-,69-,70-,71-,72-,73-,74-,75+,78+,79-/m0/s1. The molecule has 11 aliphatic rings. The number of alkyl halides is 1. The highest BCUT2D eigenvalue weighted by molar-refractivity contribution is 9.09. The fourth-order valence-corrected chi connectivity index (χ4v) is 18.7. The molecule has 37 N–H and O–H groups in total. The summed E-state index contributed by atoms with van der Waals surface area (Å²) in [4.78, 5) is 38.1. The van der Waals surface area contributed by atoms with Crippen LogP contribution in [0.5, 0.6) is 0 Å². The van der Waals surface area contributed by atoms with Gasteiger partial charge in [-0.05, 0) is 6.92 Å². The SMILES string of the molecule is CC1C(O)[C@H](O[C@@H]2OC(CO[C@]3(C(=O)O)C[C@@H](O)[C@@H](N)C([C@H](O)C(O)CO)O3)[C@H](O)C(O)[C@@H]2O)[C@H](CO)O[C@H]1O[C@@H]1C(O)[C@H](O)C(CO)O[C@@H]1OCC1O[C@@H](O[C@@H]2C(CO)O[C@@H](O[C@@H]3C(CO)O[C@@H](NC(=O)CBr)[C@@H](C)C3O)[C@@H](C)C2O)[C@H](O)C(O[C@H]2O[C@H](CO)[C@@H](O)C(O)C2O[C@@H]2OC(CO)[C@@H](O[C@@H]3OC(C)[C@H](C(O)O[C@]4(C(=O)O)C[C@@H](O)[C@@H](N)C([C@H](O)C(O)CO)O4)C(O)[C@@H]3O)C(O)[C@@H]2C)[C@@H]1O. The maximum absolute atomic E-state index is 12.9. The lowest BCUT2D eigenvalue weighted by Gasteiger charge is -2.51. The maximum atomic E-state index is 12.9. The fourth-order valence-electron chi connectivity index (χ4n) is 18.6. The molecule has 60 heteroatoms. The second-order valence-corrected chi connectivity index (χ2v) is 37.2. The molecule has 0 aliphatic carbocycles. The second kappa shape index (κ2) is 49.5. The summed E-state index contributed by atoms with van der Waals surface area (Å²) in [6.45, 7) is -4.46. The number of carbonyl (C=O) groups excluding carboxylic acids is 1. The Morgan fingerprint density at radius 2 is 0.712 bits per heavy atom. The van der Waals surface area contributed by atoms with Gasteiger partial charge >= 0.3 is 11.9 Å². The van der Waals surface area contributed by atoms with E-state index in [2.05, 4.69) is 21.2 Å². The van der Waals surface area contributed by atoms with Gasteiger partial charge < -0.3 is 280 Å². The normalized spacial score (nSPS) is 49.7. The van der Waals surface area contributed by atoms with E-state index in [0.717, 1.165) is 6.92 Å². The van der Waals surface area contributed by atoms with Crippen molar-refractivity contribution in [3.8, 4) is 0 Å². The van der Waals surface area contributed by atoms with Crippen molar-refractivity contribution in [3.63, 3.8) is 0 Å². The molecular weight excluding hydrogens is 1970 g/mol. The Morgan fingerprint density at radius 1 is 0.367 bits per heavy atom.